The first-order valence-corrected chi connectivity index (χ1v) is 11.5. The third-order valence-corrected chi connectivity index (χ3v) is 5.82. The fourth-order valence-electron chi connectivity index (χ4n) is 4.23. The highest BCUT2D eigenvalue weighted by molar-refractivity contribution is 6.00. The van der Waals surface area contributed by atoms with E-state index in [1.807, 2.05) is 48.5 Å². The number of oxazole rings is 1. The van der Waals surface area contributed by atoms with Crippen molar-refractivity contribution >= 4 is 29.7 Å². The van der Waals surface area contributed by atoms with Gasteiger partial charge in [0, 0.05) is 23.2 Å². The van der Waals surface area contributed by atoms with Gasteiger partial charge in [0.15, 0.2) is 18.0 Å². The average Bonchev–Trinajstić information content (AvgIpc) is 3.23. The summed E-state index contributed by atoms with van der Waals surface area (Å²) in [6, 6.07) is 14.7. The monoisotopic (exact) mass is 475 g/mol. The fourth-order valence-corrected chi connectivity index (χ4v) is 4.23. The molecule has 1 aromatic heterocycles. The lowest BCUT2D eigenvalue weighted by Gasteiger charge is -2.27. The van der Waals surface area contributed by atoms with Crippen LogP contribution in [0, 0.1) is 0 Å². The SMILES string of the molecule is CC(C)(N)CC(=O)N[C@@H]1CCc2ccccc2N(Cc2ccc(-c3ocnc3NC=O)cc2)C1=O. The predicted octanol–water partition coefficient (Wildman–Crippen LogP) is 3.00. The molecular formula is C26H29N5O4. The Hall–Kier alpha value is -3.98. The van der Waals surface area contributed by atoms with Crippen molar-refractivity contribution in [3.05, 3.63) is 66.1 Å². The van der Waals surface area contributed by atoms with E-state index < -0.39 is 11.6 Å². The van der Waals surface area contributed by atoms with Gasteiger partial charge in [-0.15, -0.1) is 0 Å². The highest BCUT2D eigenvalue weighted by Gasteiger charge is 2.32. The molecule has 0 spiro atoms. The number of aromatic nitrogens is 1. The van der Waals surface area contributed by atoms with Gasteiger partial charge in [-0.25, -0.2) is 0 Å². The van der Waals surface area contributed by atoms with Crippen LogP contribution in [0.2, 0.25) is 0 Å². The molecular weight excluding hydrogens is 446 g/mol. The van der Waals surface area contributed by atoms with E-state index in [9.17, 15) is 14.4 Å². The van der Waals surface area contributed by atoms with E-state index in [0.717, 1.165) is 22.4 Å². The van der Waals surface area contributed by atoms with Gasteiger partial charge >= 0.3 is 0 Å². The smallest absolute Gasteiger partial charge is 0.249 e. The normalized spacial score (nSPS) is 15.8. The van der Waals surface area contributed by atoms with Crippen molar-refractivity contribution < 1.29 is 18.8 Å². The number of amides is 3. The Labute approximate surface area is 203 Å². The van der Waals surface area contributed by atoms with Crippen molar-refractivity contribution in [3.8, 4) is 11.3 Å². The van der Waals surface area contributed by atoms with Crippen LogP contribution in [0.5, 0.6) is 0 Å². The highest BCUT2D eigenvalue weighted by Crippen LogP contribution is 2.30. The molecule has 3 aromatic rings. The van der Waals surface area contributed by atoms with Crippen LogP contribution in [0.4, 0.5) is 11.5 Å². The largest absolute Gasteiger partial charge is 0.441 e. The second-order valence-electron chi connectivity index (χ2n) is 9.37. The molecule has 1 aliphatic rings. The first kappa shape index (κ1) is 24.2. The van der Waals surface area contributed by atoms with Crippen molar-refractivity contribution in [1.29, 1.82) is 0 Å². The van der Waals surface area contributed by atoms with Crippen molar-refractivity contribution in [2.45, 2.75) is 51.2 Å². The zero-order chi connectivity index (χ0) is 25.0. The number of anilines is 2. The number of nitrogens with zero attached hydrogens (tertiary/aromatic N) is 2. The molecule has 182 valence electrons. The van der Waals surface area contributed by atoms with Crippen LogP contribution in [0.15, 0.2) is 59.3 Å². The molecule has 9 heteroatoms. The van der Waals surface area contributed by atoms with Gasteiger partial charge in [-0.3, -0.25) is 14.4 Å². The first-order valence-electron chi connectivity index (χ1n) is 11.5. The average molecular weight is 476 g/mol. The van der Waals surface area contributed by atoms with Crippen LogP contribution in [0.25, 0.3) is 11.3 Å². The number of para-hydroxylation sites is 1. The summed E-state index contributed by atoms with van der Waals surface area (Å²) in [5, 5.41) is 5.41. The van der Waals surface area contributed by atoms with Crippen molar-refractivity contribution in [2.24, 2.45) is 5.73 Å². The Morgan fingerprint density at radius 2 is 1.97 bits per heavy atom. The van der Waals surface area contributed by atoms with Gasteiger partial charge in [-0.1, -0.05) is 42.5 Å². The van der Waals surface area contributed by atoms with Crippen LogP contribution in [0.1, 0.15) is 37.8 Å². The summed E-state index contributed by atoms with van der Waals surface area (Å²) >= 11 is 0. The summed E-state index contributed by atoms with van der Waals surface area (Å²) in [7, 11) is 0. The molecule has 4 rings (SSSR count). The topological polar surface area (TPSA) is 131 Å². The second kappa shape index (κ2) is 10.1. The number of fused-ring (bicyclic) bond motifs is 1. The first-order chi connectivity index (χ1) is 16.7. The third-order valence-electron chi connectivity index (χ3n) is 5.82. The molecule has 1 atom stereocenters. The van der Waals surface area contributed by atoms with Crippen molar-refractivity contribution in [3.63, 3.8) is 0 Å². The zero-order valence-electron chi connectivity index (χ0n) is 19.8. The van der Waals surface area contributed by atoms with Gasteiger partial charge in [-0.05, 0) is 43.9 Å². The Kier molecular flexibility index (Phi) is 6.97. The molecule has 0 unspecified atom stereocenters. The molecule has 2 aromatic carbocycles. The van der Waals surface area contributed by atoms with Gasteiger partial charge < -0.3 is 25.7 Å². The maximum atomic E-state index is 13.6. The predicted molar refractivity (Wildman–Crippen MR) is 132 cm³/mol. The van der Waals surface area contributed by atoms with Crippen LogP contribution < -0.4 is 21.3 Å². The zero-order valence-corrected chi connectivity index (χ0v) is 19.8. The minimum Gasteiger partial charge on any atom is -0.441 e. The summed E-state index contributed by atoms with van der Waals surface area (Å²) in [5.41, 5.74) is 8.87. The van der Waals surface area contributed by atoms with E-state index in [4.69, 9.17) is 10.2 Å². The molecule has 0 fully saturated rings. The Morgan fingerprint density at radius 1 is 1.23 bits per heavy atom. The van der Waals surface area contributed by atoms with Gasteiger partial charge in [-0.2, -0.15) is 4.98 Å². The number of hydrogen-bond donors (Lipinski definition) is 3. The Morgan fingerprint density at radius 3 is 2.69 bits per heavy atom. The van der Waals surface area contributed by atoms with Gasteiger partial charge in [0.1, 0.15) is 6.04 Å². The maximum Gasteiger partial charge on any atom is 0.249 e. The molecule has 0 bridgehead atoms. The molecule has 35 heavy (non-hydrogen) atoms. The minimum absolute atomic E-state index is 0.133. The van der Waals surface area contributed by atoms with E-state index in [-0.39, 0.29) is 18.2 Å². The maximum absolute atomic E-state index is 13.6. The van der Waals surface area contributed by atoms with Gasteiger partial charge in [0.25, 0.3) is 0 Å². The fraction of sp³-hybridized carbons (Fsp3) is 0.308. The van der Waals surface area contributed by atoms with E-state index in [2.05, 4.69) is 15.6 Å². The molecule has 0 aliphatic carbocycles. The molecule has 0 radical (unpaired) electrons. The van der Waals surface area contributed by atoms with Crippen LogP contribution in [-0.2, 0) is 27.3 Å². The molecule has 0 saturated heterocycles. The minimum atomic E-state index is -0.660. The summed E-state index contributed by atoms with van der Waals surface area (Å²) in [6.45, 7) is 3.90. The number of aryl methyl sites for hydroxylation is 1. The lowest BCUT2D eigenvalue weighted by molar-refractivity contribution is -0.128. The second-order valence-corrected chi connectivity index (χ2v) is 9.37. The summed E-state index contributed by atoms with van der Waals surface area (Å²) < 4.78 is 5.41. The molecule has 9 nitrogen and oxygen atoms in total. The molecule has 1 aliphatic heterocycles. The van der Waals surface area contributed by atoms with E-state index in [1.54, 1.807) is 18.7 Å². The van der Waals surface area contributed by atoms with Crippen LogP contribution in [0.3, 0.4) is 0 Å². The molecule has 2 heterocycles. The standard InChI is InChI=1S/C26H29N5O4/c1-26(2,27)13-22(33)30-20-12-11-18-5-3-4-6-21(18)31(25(20)34)14-17-7-9-19(10-8-17)23-24(28-15-32)29-16-35-23/h3-10,15-16,20H,11-14,27H2,1-2H3,(H,28,32)(H,30,33)/t20-/m1/s1. The van der Waals surface area contributed by atoms with Crippen LogP contribution >= 0.6 is 0 Å². The molecule has 4 N–H and O–H groups in total. The lowest BCUT2D eigenvalue weighted by Crippen LogP contribution is -2.49. The molecule has 3 amide bonds. The van der Waals surface area contributed by atoms with Gasteiger partial charge in [0.05, 0.1) is 6.54 Å². The third kappa shape index (κ3) is 5.75. The number of hydrogen-bond acceptors (Lipinski definition) is 6. The van der Waals surface area contributed by atoms with E-state index in [1.165, 1.54) is 6.39 Å². The number of carbonyl (C=O) groups is 3. The highest BCUT2D eigenvalue weighted by atomic mass is 16.3. The number of carbonyl (C=O) groups excluding carboxylic acids is 3. The quantitative estimate of drug-likeness (QED) is 0.429. The number of rotatable bonds is 8. The Bertz CT molecular complexity index is 1210. The van der Waals surface area contributed by atoms with E-state index in [0.29, 0.717) is 37.4 Å². The number of nitrogens with two attached hydrogens (primary N) is 1. The van der Waals surface area contributed by atoms with Crippen molar-refractivity contribution in [2.75, 3.05) is 10.2 Å². The van der Waals surface area contributed by atoms with Crippen LogP contribution in [-0.4, -0.2) is 34.8 Å². The number of nitrogens with one attached hydrogen (secondary N) is 2. The van der Waals surface area contributed by atoms with Crippen molar-refractivity contribution in [1.82, 2.24) is 10.3 Å². The Balaban J connectivity index is 1.57. The number of benzene rings is 2. The van der Waals surface area contributed by atoms with Gasteiger partial charge in [0.2, 0.25) is 18.2 Å². The lowest BCUT2D eigenvalue weighted by atomic mass is 10.0. The summed E-state index contributed by atoms with van der Waals surface area (Å²) in [6.07, 6.45) is 3.13. The summed E-state index contributed by atoms with van der Waals surface area (Å²) in [5.74, 6) is 0.391. The molecule has 0 saturated carbocycles. The summed E-state index contributed by atoms with van der Waals surface area (Å²) in [4.78, 5) is 42.7. The van der Waals surface area contributed by atoms with E-state index >= 15 is 0 Å².